The molecular formula is C10H11N. The quantitative estimate of drug-likeness (QED) is 0.530. The predicted octanol–water partition coefficient (Wildman–Crippen LogP) is 2.12. The van der Waals surface area contributed by atoms with Crippen molar-refractivity contribution in [1.29, 1.82) is 0 Å². The largest absolute Gasteiger partial charge is 0.292 e. The molecule has 1 aliphatic heterocycles. The minimum Gasteiger partial charge on any atom is -0.292 e. The highest BCUT2D eigenvalue weighted by molar-refractivity contribution is 5.65. The highest BCUT2D eigenvalue weighted by Crippen LogP contribution is 2.17. The Morgan fingerprint density at radius 2 is 2.27 bits per heavy atom. The summed E-state index contributed by atoms with van der Waals surface area (Å²) in [6.07, 6.45) is 3.01. The highest BCUT2D eigenvalue weighted by atomic mass is 14.7. The van der Waals surface area contributed by atoms with Crippen LogP contribution in [-0.4, -0.2) is 6.21 Å². The number of hydrogen-bond acceptors (Lipinski definition) is 1. The van der Waals surface area contributed by atoms with Gasteiger partial charge in [-0.05, 0) is 23.6 Å². The van der Waals surface area contributed by atoms with Crippen molar-refractivity contribution >= 4 is 6.21 Å². The van der Waals surface area contributed by atoms with Crippen molar-refractivity contribution in [3.8, 4) is 0 Å². The Balaban J connectivity index is 2.54. The maximum Gasteiger partial charge on any atom is 0.0641 e. The Kier molecular flexibility index (Phi) is 1.50. The molecule has 0 fully saturated rings. The van der Waals surface area contributed by atoms with Crippen LogP contribution in [0.25, 0.3) is 0 Å². The lowest BCUT2D eigenvalue weighted by Crippen LogP contribution is -2.02. The average Bonchev–Trinajstić information content (AvgIpc) is 2.06. The number of aliphatic imine (C=N–C) groups is 1. The summed E-state index contributed by atoms with van der Waals surface area (Å²) in [7, 11) is 0. The lowest BCUT2D eigenvalue weighted by atomic mass is 9.98. The van der Waals surface area contributed by atoms with Crippen molar-refractivity contribution in [1.82, 2.24) is 0 Å². The van der Waals surface area contributed by atoms with Gasteiger partial charge >= 0.3 is 0 Å². The van der Waals surface area contributed by atoms with Crippen LogP contribution in [0.5, 0.6) is 0 Å². The topological polar surface area (TPSA) is 12.4 Å². The van der Waals surface area contributed by atoms with Crippen LogP contribution >= 0.6 is 0 Å². The molecule has 1 aliphatic rings. The van der Waals surface area contributed by atoms with Crippen LogP contribution < -0.4 is 0 Å². The molecule has 0 amide bonds. The highest BCUT2D eigenvalue weighted by Gasteiger charge is 2.06. The molecule has 1 nitrogen and oxygen atoms in total. The number of hydrogen-bond donors (Lipinski definition) is 0. The summed E-state index contributed by atoms with van der Waals surface area (Å²) >= 11 is 0. The van der Waals surface area contributed by atoms with Crippen molar-refractivity contribution < 1.29 is 0 Å². The average molecular weight is 145 g/mol. The molecule has 11 heavy (non-hydrogen) atoms. The second kappa shape index (κ2) is 2.50. The molecule has 0 unspecified atom stereocenters. The molecule has 0 bridgehead atoms. The van der Waals surface area contributed by atoms with E-state index in [0.717, 1.165) is 13.0 Å². The van der Waals surface area contributed by atoms with E-state index in [1.54, 1.807) is 0 Å². The van der Waals surface area contributed by atoms with E-state index >= 15 is 0 Å². The molecule has 0 atom stereocenters. The first-order chi connectivity index (χ1) is 5.38. The third-order valence-electron chi connectivity index (χ3n) is 2.20. The molecule has 1 aromatic rings. The Morgan fingerprint density at radius 1 is 1.36 bits per heavy atom. The minimum absolute atomic E-state index is 0.877. The van der Waals surface area contributed by atoms with Gasteiger partial charge in [-0.1, -0.05) is 18.2 Å². The van der Waals surface area contributed by atoms with E-state index in [0.29, 0.717) is 0 Å². The number of benzene rings is 1. The molecule has 0 N–H and O–H groups in total. The summed E-state index contributed by atoms with van der Waals surface area (Å²) < 4.78 is 0. The summed E-state index contributed by atoms with van der Waals surface area (Å²) in [4.78, 5) is 4.25. The SMILES string of the molecule is Cc1cccc2c1CN=CC2. The Morgan fingerprint density at radius 3 is 3.09 bits per heavy atom. The molecule has 1 heterocycles. The van der Waals surface area contributed by atoms with Crippen LogP contribution in [0.1, 0.15) is 16.7 Å². The Hall–Kier alpha value is -1.11. The molecular weight excluding hydrogens is 134 g/mol. The van der Waals surface area contributed by atoms with Crippen LogP contribution in [0.15, 0.2) is 23.2 Å². The first-order valence-corrected chi connectivity index (χ1v) is 3.93. The van der Waals surface area contributed by atoms with Gasteiger partial charge in [0.05, 0.1) is 6.54 Å². The molecule has 0 spiro atoms. The van der Waals surface area contributed by atoms with Crippen molar-refractivity contribution in [3.63, 3.8) is 0 Å². The zero-order valence-electron chi connectivity index (χ0n) is 6.67. The van der Waals surface area contributed by atoms with Crippen LogP contribution in [0.2, 0.25) is 0 Å². The van der Waals surface area contributed by atoms with E-state index < -0.39 is 0 Å². The van der Waals surface area contributed by atoms with Gasteiger partial charge in [0.2, 0.25) is 0 Å². The number of fused-ring (bicyclic) bond motifs is 1. The van der Waals surface area contributed by atoms with Gasteiger partial charge in [-0.2, -0.15) is 0 Å². The normalized spacial score (nSPS) is 14.6. The van der Waals surface area contributed by atoms with Crippen molar-refractivity contribution in [2.75, 3.05) is 0 Å². The fraction of sp³-hybridized carbons (Fsp3) is 0.300. The van der Waals surface area contributed by atoms with Gasteiger partial charge in [0.15, 0.2) is 0 Å². The van der Waals surface area contributed by atoms with Gasteiger partial charge in [0.1, 0.15) is 0 Å². The van der Waals surface area contributed by atoms with Crippen LogP contribution in [0, 0.1) is 6.92 Å². The summed E-state index contributed by atoms with van der Waals surface area (Å²) in [5, 5.41) is 0. The molecule has 56 valence electrons. The summed E-state index contributed by atoms with van der Waals surface area (Å²) in [5.41, 5.74) is 4.24. The van der Waals surface area contributed by atoms with Gasteiger partial charge in [-0.3, -0.25) is 4.99 Å². The molecule has 1 aromatic carbocycles. The maximum absolute atomic E-state index is 4.25. The third-order valence-corrected chi connectivity index (χ3v) is 2.20. The van der Waals surface area contributed by atoms with E-state index in [-0.39, 0.29) is 0 Å². The fourth-order valence-electron chi connectivity index (χ4n) is 1.50. The predicted molar refractivity (Wildman–Crippen MR) is 47.1 cm³/mol. The maximum atomic E-state index is 4.25. The Labute approximate surface area is 66.8 Å². The van der Waals surface area contributed by atoms with Gasteiger partial charge in [-0.15, -0.1) is 0 Å². The van der Waals surface area contributed by atoms with E-state index in [9.17, 15) is 0 Å². The lowest BCUT2D eigenvalue weighted by Gasteiger charge is -2.12. The standard InChI is InChI=1S/C10H11N/c1-8-3-2-4-9-5-6-11-7-10(8)9/h2-4,6H,5,7H2,1H3. The second-order valence-electron chi connectivity index (χ2n) is 2.94. The minimum atomic E-state index is 0.877. The Bertz CT molecular complexity index is 300. The fourth-order valence-corrected chi connectivity index (χ4v) is 1.50. The summed E-state index contributed by atoms with van der Waals surface area (Å²) in [6.45, 7) is 3.03. The number of aryl methyl sites for hydroxylation is 1. The summed E-state index contributed by atoms with van der Waals surface area (Å²) in [5.74, 6) is 0. The molecule has 0 aliphatic carbocycles. The van der Waals surface area contributed by atoms with E-state index in [1.807, 2.05) is 6.21 Å². The summed E-state index contributed by atoms with van der Waals surface area (Å²) in [6, 6.07) is 6.46. The van der Waals surface area contributed by atoms with Gasteiger partial charge in [-0.25, -0.2) is 0 Å². The van der Waals surface area contributed by atoms with E-state index in [1.165, 1.54) is 16.7 Å². The van der Waals surface area contributed by atoms with Gasteiger partial charge < -0.3 is 0 Å². The first-order valence-electron chi connectivity index (χ1n) is 3.93. The smallest absolute Gasteiger partial charge is 0.0641 e. The molecule has 0 saturated carbocycles. The zero-order valence-corrected chi connectivity index (χ0v) is 6.67. The zero-order chi connectivity index (χ0) is 7.68. The molecule has 1 heteroatoms. The first kappa shape index (κ1) is 6.59. The van der Waals surface area contributed by atoms with Gasteiger partial charge in [0.25, 0.3) is 0 Å². The molecule has 0 radical (unpaired) electrons. The molecule has 0 aromatic heterocycles. The van der Waals surface area contributed by atoms with Crippen molar-refractivity contribution in [2.45, 2.75) is 19.9 Å². The molecule has 2 rings (SSSR count). The van der Waals surface area contributed by atoms with Gasteiger partial charge in [0, 0.05) is 12.6 Å². The van der Waals surface area contributed by atoms with Crippen LogP contribution in [0.3, 0.4) is 0 Å². The van der Waals surface area contributed by atoms with E-state index in [4.69, 9.17) is 0 Å². The number of nitrogens with zero attached hydrogens (tertiary/aromatic N) is 1. The van der Waals surface area contributed by atoms with Crippen molar-refractivity contribution in [3.05, 3.63) is 34.9 Å². The third kappa shape index (κ3) is 1.07. The molecule has 0 saturated heterocycles. The second-order valence-corrected chi connectivity index (χ2v) is 2.94. The van der Waals surface area contributed by atoms with E-state index in [2.05, 4.69) is 30.1 Å². The van der Waals surface area contributed by atoms with Crippen molar-refractivity contribution in [2.24, 2.45) is 4.99 Å². The lowest BCUT2D eigenvalue weighted by molar-refractivity contribution is 0.986. The number of rotatable bonds is 0. The van der Waals surface area contributed by atoms with Crippen LogP contribution in [-0.2, 0) is 13.0 Å². The monoisotopic (exact) mass is 145 g/mol. The van der Waals surface area contributed by atoms with Crippen LogP contribution in [0.4, 0.5) is 0 Å².